The zero-order valence-corrected chi connectivity index (χ0v) is 9.15. The maximum Gasteiger partial charge on any atom is 0.237 e. The number of hydrogen-bond acceptors (Lipinski definition) is 3. The predicted octanol–water partition coefficient (Wildman–Crippen LogP) is 0.940. The van der Waals surface area contributed by atoms with E-state index in [0.717, 1.165) is 13.0 Å². The minimum Gasteiger partial charge on any atom is -0.355 e. The topological polar surface area (TPSA) is 55.1 Å². The molecule has 0 heterocycles. The van der Waals surface area contributed by atoms with Crippen molar-refractivity contribution in [1.29, 1.82) is 0 Å². The number of carbonyl (C=O) groups is 1. The van der Waals surface area contributed by atoms with Crippen LogP contribution in [0.2, 0.25) is 0 Å². The van der Waals surface area contributed by atoms with Crippen LogP contribution in [0.5, 0.6) is 0 Å². The first-order valence-corrected chi connectivity index (χ1v) is 5.49. The average molecular weight is 204 g/mol. The van der Waals surface area contributed by atoms with Crippen molar-refractivity contribution in [2.45, 2.75) is 38.6 Å². The number of amides is 1. The van der Waals surface area contributed by atoms with Crippen LogP contribution in [-0.2, 0) is 4.79 Å². The normalized spacial score (nSPS) is 12.5. The molecule has 0 saturated carbocycles. The summed E-state index contributed by atoms with van der Waals surface area (Å²) in [6.45, 7) is 2.90. The van der Waals surface area contributed by atoms with Crippen LogP contribution in [0.25, 0.3) is 0 Å². The van der Waals surface area contributed by atoms with Gasteiger partial charge in [-0.3, -0.25) is 4.79 Å². The van der Waals surface area contributed by atoms with E-state index >= 15 is 0 Å². The molecule has 0 bridgehead atoms. The van der Waals surface area contributed by atoms with Crippen molar-refractivity contribution in [3.63, 3.8) is 0 Å². The smallest absolute Gasteiger partial charge is 0.237 e. The van der Waals surface area contributed by atoms with Crippen molar-refractivity contribution in [2.75, 3.05) is 12.3 Å². The minimum absolute atomic E-state index is 0.0912. The largest absolute Gasteiger partial charge is 0.355 e. The van der Waals surface area contributed by atoms with Crippen LogP contribution < -0.4 is 11.1 Å². The molecule has 0 unspecified atom stereocenters. The van der Waals surface area contributed by atoms with Gasteiger partial charge in [-0.1, -0.05) is 26.2 Å². The molecule has 0 aromatic carbocycles. The Morgan fingerprint density at radius 3 is 2.69 bits per heavy atom. The van der Waals surface area contributed by atoms with Crippen LogP contribution in [-0.4, -0.2) is 24.2 Å². The van der Waals surface area contributed by atoms with E-state index in [1.54, 1.807) is 0 Å². The summed E-state index contributed by atoms with van der Waals surface area (Å²) in [5, 5.41) is 2.78. The van der Waals surface area contributed by atoms with E-state index in [1.165, 1.54) is 19.3 Å². The third kappa shape index (κ3) is 6.90. The van der Waals surface area contributed by atoms with Crippen molar-refractivity contribution in [2.24, 2.45) is 5.73 Å². The summed E-state index contributed by atoms with van der Waals surface area (Å²) >= 11 is 3.95. The number of thiol groups is 1. The van der Waals surface area contributed by atoms with Gasteiger partial charge in [0.1, 0.15) is 0 Å². The number of nitrogens with two attached hydrogens (primary N) is 1. The Bertz CT molecular complexity index is 142. The fourth-order valence-corrected chi connectivity index (χ4v) is 1.14. The van der Waals surface area contributed by atoms with E-state index in [9.17, 15) is 4.79 Å². The van der Waals surface area contributed by atoms with Gasteiger partial charge in [-0.05, 0) is 6.42 Å². The van der Waals surface area contributed by atoms with Gasteiger partial charge in [-0.15, -0.1) is 0 Å². The Morgan fingerprint density at radius 1 is 1.46 bits per heavy atom. The molecule has 0 aliphatic heterocycles. The van der Waals surface area contributed by atoms with E-state index in [-0.39, 0.29) is 5.91 Å². The van der Waals surface area contributed by atoms with Gasteiger partial charge in [0, 0.05) is 12.3 Å². The van der Waals surface area contributed by atoms with Crippen LogP contribution in [0.1, 0.15) is 32.6 Å². The molecule has 4 heteroatoms. The second-order valence-corrected chi connectivity index (χ2v) is 3.51. The second-order valence-electron chi connectivity index (χ2n) is 3.14. The van der Waals surface area contributed by atoms with Crippen molar-refractivity contribution in [3.05, 3.63) is 0 Å². The maximum absolute atomic E-state index is 11.1. The average Bonchev–Trinajstić information content (AvgIpc) is 2.16. The van der Waals surface area contributed by atoms with Crippen molar-refractivity contribution < 1.29 is 4.79 Å². The Balaban J connectivity index is 3.27. The molecule has 0 radical (unpaired) electrons. The standard InChI is InChI=1S/C9H20N2OS/c1-2-3-4-5-6-11-9(12)8(10)7-13/h8,13H,2-7,10H2,1H3,(H,11,12)/t8-/m0/s1. The molecule has 13 heavy (non-hydrogen) atoms. The van der Waals surface area contributed by atoms with Crippen LogP contribution >= 0.6 is 12.6 Å². The molecule has 1 amide bonds. The van der Waals surface area contributed by atoms with Crippen molar-refractivity contribution >= 4 is 18.5 Å². The third-order valence-corrected chi connectivity index (χ3v) is 2.26. The molecule has 3 N–H and O–H groups in total. The van der Waals surface area contributed by atoms with Gasteiger partial charge in [-0.25, -0.2) is 0 Å². The Labute approximate surface area is 85.9 Å². The van der Waals surface area contributed by atoms with Gasteiger partial charge < -0.3 is 11.1 Å². The molecule has 0 aliphatic rings. The molecule has 3 nitrogen and oxygen atoms in total. The van der Waals surface area contributed by atoms with Gasteiger partial charge in [0.05, 0.1) is 6.04 Å². The van der Waals surface area contributed by atoms with E-state index in [4.69, 9.17) is 5.73 Å². The maximum atomic E-state index is 11.1. The Kier molecular flexibility index (Phi) is 8.24. The number of nitrogens with one attached hydrogen (secondary N) is 1. The first-order chi connectivity index (χ1) is 6.22. The highest BCUT2D eigenvalue weighted by Crippen LogP contribution is 1.97. The molecule has 1 atom stereocenters. The molecular weight excluding hydrogens is 184 g/mol. The lowest BCUT2D eigenvalue weighted by atomic mass is 10.2. The lowest BCUT2D eigenvalue weighted by Gasteiger charge is -2.08. The lowest BCUT2D eigenvalue weighted by Crippen LogP contribution is -2.42. The SMILES string of the molecule is CCCCCCNC(=O)[C@@H](N)CS. The zero-order chi connectivity index (χ0) is 10.1. The molecule has 78 valence electrons. The number of hydrogen-bond donors (Lipinski definition) is 3. The molecule has 0 fully saturated rings. The Morgan fingerprint density at radius 2 is 2.15 bits per heavy atom. The monoisotopic (exact) mass is 204 g/mol. The Hall–Kier alpha value is -0.220. The lowest BCUT2D eigenvalue weighted by molar-refractivity contribution is -0.121. The summed E-state index contributed by atoms with van der Waals surface area (Å²) < 4.78 is 0. The predicted molar refractivity (Wildman–Crippen MR) is 59.0 cm³/mol. The highest BCUT2D eigenvalue weighted by atomic mass is 32.1. The third-order valence-electron chi connectivity index (χ3n) is 1.86. The molecule has 0 aromatic rings. The van der Waals surface area contributed by atoms with Crippen molar-refractivity contribution in [1.82, 2.24) is 5.32 Å². The summed E-state index contributed by atoms with van der Waals surface area (Å²) in [6.07, 6.45) is 4.66. The van der Waals surface area contributed by atoms with Crippen LogP contribution in [0.3, 0.4) is 0 Å². The summed E-state index contributed by atoms with van der Waals surface area (Å²) in [6, 6.07) is -0.463. The fraction of sp³-hybridized carbons (Fsp3) is 0.889. The zero-order valence-electron chi connectivity index (χ0n) is 8.25. The summed E-state index contributed by atoms with van der Waals surface area (Å²) in [5.41, 5.74) is 5.47. The first kappa shape index (κ1) is 12.8. The fourth-order valence-electron chi connectivity index (χ4n) is 0.977. The van der Waals surface area contributed by atoms with E-state index in [2.05, 4.69) is 24.9 Å². The summed E-state index contributed by atoms with van der Waals surface area (Å²) in [4.78, 5) is 11.1. The molecular formula is C9H20N2OS. The van der Waals surface area contributed by atoms with Gasteiger partial charge in [0.2, 0.25) is 5.91 Å². The van der Waals surface area contributed by atoms with Gasteiger partial charge in [-0.2, -0.15) is 12.6 Å². The van der Waals surface area contributed by atoms with Crippen molar-refractivity contribution in [3.8, 4) is 0 Å². The number of carbonyl (C=O) groups excluding carboxylic acids is 1. The molecule has 0 saturated heterocycles. The molecule has 0 rings (SSSR count). The highest BCUT2D eigenvalue weighted by Gasteiger charge is 2.09. The quantitative estimate of drug-likeness (QED) is 0.427. The van der Waals surface area contributed by atoms with Gasteiger partial charge in [0.25, 0.3) is 0 Å². The van der Waals surface area contributed by atoms with Crippen LogP contribution in [0.15, 0.2) is 0 Å². The van der Waals surface area contributed by atoms with E-state index in [1.807, 2.05) is 0 Å². The molecule has 0 aromatic heterocycles. The van der Waals surface area contributed by atoms with Gasteiger partial charge >= 0.3 is 0 Å². The van der Waals surface area contributed by atoms with Crippen LogP contribution in [0, 0.1) is 0 Å². The van der Waals surface area contributed by atoms with E-state index < -0.39 is 6.04 Å². The van der Waals surface area contributed by atoms with E-state index in [0.29, 0.717) is 5.75 Å². The summed E-state index contributed by atoms with van der Waals surface area (Å²) in [7, 11) is 0. The first-order valence-electron chi connectivity index (χ1n) is 4.86. The number of rotatable bonds is 7. The second kappa shape index (κ2) is 8.38. The molecule has 0 aliphatic carbocycles. The minimum atomic E-state index is -0.463. The summed E-state index contributed by atoms with van der Waals surface area (Å²) in [5.74, 6) is 0.312. The molecule has 0 spiro atoms. The van der Waals surface area contributed by atoms with Crippen LogP contribution in [0.4, 0.5) is 0 Å². The number of unbranched alkanes of at least 4 members (excludes halogenated alkanes) is 3. The van der Waals surface area contributed by atoms with Gasteiger partial charge in [0.15, 0.2) is 0 Å². The highest BCUT2D eigenvalue weighted by molar-refractivity contribution is 7.80.